The highest BCUT2D eigenvalue weighted by molar-refractivity contribution is 7.89. The second kappa shape index (κ2) is 9.56. The minimum atomic E-state index is -3.56. The van der Waals surface area contributed by atoms with E-state index in [-0.39, 0.29) is 12.0 Å². The number of nitrogens with zero attached hydrogens (tertiary/aromatic N) is 3. The summed E-state index contributed by atoms with van der Waals surface area (Å²) in [6.45, 7) is 6.63. The van der Waals surface area contributed by atoms with Gasteiger partial charge in [-0.3, -0.25) is 4.79 Å². The molecule has 2 fully saturated rings. The molecule has 1 aromatic heterocycles. The van der Waals surface area contributed by atoms with Gasteiger partial charge in [0.15, 0.2) is 0 Å². The number of carbonyl (C=O) groups excluding carboxylic acids is 1. The third-order valence-corrected chi connectivity index (χ3v) is 7.79. The number of aryl methyl sites for hydroxylation is 2. The van der Waals surface area contributed by atoms with Gasteiger partial charge in [0.05, 0.1) is 16.6 Å². The molecule has 32 heavy (non-hydrogen) atoms. The number of hydrogen-bond donors (Lipinski definition) is 1. The first-order valence-corrected chi connectivity index (χ1v) is 12.5. The zero-order valence-corrected chi connectivity index (χ0v) is 19.4. The van der Waals surface area contributed by atoms with Crippen molar-refractivity contribution in [3.05, 3.63) is 53.2 Å². The number of aromatic nitrogens is 1. The number of ether oxygens (including phenoxy) is 1. The number of amides is 1. The number of benzene rings is 1. The smallest absolute Gasteiger partial charge is 0.255 e. The van der Waals surface area contributed by atoms with Crippen molar-refractivity contribution in [2.75, 3.05) is 44.2 Å². The van der Waals surface area contributed by atoms with Gasteiger partial charge in [0, 0.05) is 45.5 Å². The van der Waals surface area contributed by atoms with Gasteiger partial charge in [0.2, 0.25) is 10.0 Å². The molecule has 0 saturated carbocycles. The molecule has 1 N–H and O–H groups in total. The lowest BCUT2D eigenvalue weighted by Gasteiger charge is -2.35. The molecule has 4 rings (SSSR count). The summed E-state index contributed by atoms with van der Waals surface area (Å²) in [7, 11) is -3.56. The van der Waals surface area contributed by atoms with E-state index in [1.807, 2.05) is 24.8 Å². The van der Waals surface area contributed by atoms with Crippen LogP contribution in [0.2, 0.25) is 0 Å². The third-order valence-electron chi connectivity index (χ3n) is 5.92. The van der Waals surface area contributed by atoms with Crippen molar-refractivity contribution in [3.63, 3.8) is 0 Å². The zero-order valence-electron chi connectivity index (χ0n) is 18.6. The average molecular weight is 459 g/mol. The number of hydrogen-bond acceptors (Lipinski definition) is 6. The van der Waals surface area contributed by atoms with Crippen molar-refractivity contribution in [2.24, 2.45) is 0 Å². The lowest BCUT2D eigenvalue weighted by molar-refractivity contribution is 0.0858. The summed E-state index contributed by atoms with van der Waals surface area (Å²) in [6.07, 6.45) is 3.70. The van der Waals surface area contributed by atoms with Gasteiger partial charge in [-0.15, -0.1) is 0 Å². The molecule has 2 aliphatic heterocycles. The largest absolute Gasteiger partial charge is 0.376 e. The van der Waals surface area contributed by atoms with Crippen LogP contribution in [0.1, 0.15) is 34.3 Å². The Morgan fingerprint density at radius 1 is 1.16 bits per heavy atom. The van der Waals surface area contributed by atoms with Crippen LogP contribution in [0, 0.1) is 13.8 Å². The fourth-order valence-corrected chi connectivity index (χ4v) is 5.92. The molecular formula is C23H30N4O4S. The van der Waals surface area contributed by atoms with E-state index in [1.165, 1.54) is 4.31 Å². The van der Waals surface area contributed by atoms with Crippen molar-refractivity contribution in [3.8, 4) is 0 Å². The van der Waals surface area contributed by atoms with Gasteiger partial charge < -0.3 is 15.0 Å². The number of nitrogens with one attached hydrogen (secondary N) is 1. The Morgan fingerprint density at radius 2 is 1.88 bits per heavy atom. The molecule has 1 aromatic carbocycles. The summed E-state index contributed by atoms with van der Waals surface area (Å²) in [6, 6.07) is 8.88. The number of pyridine rings is 1. The minimum absolute atomic E-state index is 0.0677. The average Bonchev–Trinajstić information content (AvgIpc) is 3.31. The molecule has 1 amide bonds. The summed E-state index contributed by atoms with van der Waals surface area (Å²) < 4.78 is 33.4. The van der Waals surface area contributed by atoms with E-state index in [4.69, 9.17) is 4.74 Å². The molecule has 1 atom stereocenters. The van der Waals surface area contributed by atoms with Crippen LogP contribution < -0.4 is 10.2 Å². The van der Waals surface area contributed by atoms with E-state index in [9.17, 15) is 13.2 Å². The molecule has 9 heteroatoms. The highest BCUT2D eigenvalue weighted by atomic mass is 32.2. The normalized spacial score (nSPS) is 19.8. The molecule has 3 heterocycles. The molecule has 8 nitrogen and oxygen atoms in total. The SMILES string of the molecule is Cc1cc(C)cc(S(=O)(=O)N2CCN(c3ncccc3C(=O)NC[C@@H]3CCCO3)CC2)c1. The highest BCUT2D eigenvalue weighted by Gasteiger charge is 2.30. The van der Waals surface area contributed by atoms with Crippen LogP contribution >= 0.6 is 0 Å². The Hall–Kier alpha value is -2.49. The first kappa shape index (κ1) is 22.7. The maximum absolute atomic E-state index is 13.1. The minimum Gasteiger partial charge on any atom is -0.376 e. The van der Waals surface area contributed by atoms with Crippen LogP contribution in [0.3, 0.4) is 0 Å². The monoisotopic (exact) mass is 458 g/mol. The number of carbonyl (C=O) groups is 1. The zero-order chi connectivity index (χ0) is 22.7. The third kappa shape index (κ3) is 4.95. The lowest BCUT2D eigenvalue weighted by Crippen LogP contribution is -2.49. The molecule has 0 bridgehead atoms. The van der Waals surface area contributed by atoms with Crippen molar-refractivity contribution in [1.29, 1.82) is 0 Å². The Labute approximate surface area is 189 Å². The van der Waals surface area contributed by atoms with Crippen molar-refractivity contribution >= 4 is 21.7 Å². The predicted octanol–water partition coefficient (Wildman–Crippen LogP) is 2.12. The van der Waals surface area contributed by atoms with Gasteiger partial charge in [-0.05, 0) is 62.1 Å². The van der Waals surface area contributed by atoms with Crippen LogP contribution in [0.5, 0.6) is 0 Å². The van der Waals surface area contributed by atoms with E-state index in [1.54, 1.807) is 30.5 Å². The number of piperazine rings is 1. The van der Waals surface area contributed by atoms with Crippen molar-refractivity contribution in [2.45, 2.75) is 37.7 Å². The van der Waals surface area contributed by atoms with E-state index < -0.39 is 10.0 Å². The Morgan fingerprint density at radius 3 is 2.53 bits per heavy atom. The Kier molecular flexibility index (Phi) is 6.78. The second-order valence-electron chi connectivity index (χ2n) is 8.43. The summed E-state index contributed by atoms with van der Waals surface area (Å²) in [5.41, 5.74) is 2.35. The van der Waals surface area contributed by atoms with E-state index in [0.717, 1.165) is 30.6 Å². The van der Waals surface area contributed by atoms with Gasteiger partial charge in [-0.1, -0.05) is 6.07 Å². The van der Waals surface area contributed by atoms with E-state index in [2.05, 4.69) is 10.3 Å². The van der Waals surface area contributed by atoms with Gasteiger partial charge in [-0.2, -0.15) is 4.31 Å². The first-order chi connectivity index (χ1) is 15.3. The van der Waals surface area contributed by atoms with E-state index in [0.29, 0.717) is 49.0 Å². The van der Waals surface area contributed by atoms with Crippen molar-refractivity contribution in [1.82, 2.24) is 14.6 Å². The molecule has 2 aromatic rings. The summed E-state index contributed by atoms with van der Waals surface area (Å²) >= 11 is 0. The van der Waals surface area contributed by atoms with Gasteiger partial charge >= 0.3 is 0 Å². The fraction of sp³-hybridized carbons (Fsp3) is 0.478. The standard InChI is InChI=1S/C23H30N4O4S/c1-17-13-18(2)15-20(14-17)32(29,30)27-10-8-26(9-11-27)22-21(6-3-7-24-22)23(28)25-16-19-5-4-12-31-19/h3,6-7,13-15,19H,4-5,8-12,16H2,1-2H3,(H,25,28)/t19-/m0/s1. The van der Waals surface area contributed by atoms with Gasteiger partial charge in [0.1, 0.15) is 5.82 Å². The Bertz CT molecular complexity index is 1050. The van der Waals surface area contributed by atoms with Crippen LogP contribution in [-0.4, -0.2) is 69.0 Å². The maximum Gasteiger partial charge on any atom is 0.255 e. The van der Waals surface area contributed by atoms with Crippen LogP contribution in [0.15, 0.2) is 41.4 Å². The summed E-state index contributed by atoms with van der Waals surface area (Å²) in [4.78, 5) is 19.5. The summed E-state index contributed by atoms with van der Waals surface area (Å²) in [5.74, 6) is 0.398. The van der Waals surface area contributed by atoms with Crippen LogP contribution in [-0.2, 0) is 14.8 Å². The summed E-state index contributed by atoms with van der Waals surface area (Å²) in [5, 5.41) is 2.95. The number of anilines is 1. The quantitative estimate of drug-likeness (QED) is 0.713. The van der Waals surface area contributed by atoms with Crippen molar-refractivity contribution < 1.29 is 17.9 Å². The molecule has 172 valence electrons. The molecule has 0 radical (unpaired) electrons. The topological polar surface area (TPSA) is 91.8 Å². The number of rotatable bonds is 6. The van der Waals surface area contributed by atoms with Crippen LogP contribution in [0.4, 0.5) is 5.82 Å². The van der Waals surface area contributed by atoms with Crippen LogP contribution in [0.25, 0.3) is 0 Å². The molecule has 0 unspecified atom stereocenters. The fourth-order valence-electron chi connectivity index (χ4n) is 4.30. The molecule has 0 aliphatic carbocycles. The second-order valence-corrected chi connectivity index (χ2v) is 10.4. The Balaban J connectivity index is 1.43. The highest BCUT2D eigenvalue weighted by Crippen LogP contribution is 2.24. The molecule has 2 aliphatic rings. The predicted molar refractivity (Wildman–Crippen MR) is 122 cm³/mol. The maximum atomic E-state index is 13.1. The van der Waals surface area contributed by atoms with Gasteiger partial charge in [0.25, 0.3) is 5.91 Å². The number of sulfonamides is 1. The lowest BCUT2D eigenvalue weighted by atomic mass is 10.2. The molecular weight excluding hydrogens is 428 g/mol. The molecule has 0 spiro atoms. The van der Waals surface area contributed by atoms with E-state index >= 15 is 0 Å². The molecule has 2 saturated heterocycles. The first-order valence-electron chi connectivity index (χ1n) is 11.0. The van der Waals surface area contributed by atoms with Gasteiger partial charge in [-0.25, -0.2) is 13.4 Å².